The van der Waals surface area contributed by atoms with Crippen molar-refractivity contribution in [3.8, 4) is 0 Å². The lowest BCUT2D eigenvalue weighted by Crippen LogP contribution is -2.11. The second-order valence-corrected chi connectivity index (χ2v) is 8.03. The first-order valence-corrected chi connectivity index (χ1v) is 8.58. The van der Waals surface area contributed by atoms with Crippen LogP contribution in [-0.2, 0) is 28.7 Å². The van der Waals surface area contributed by atoms with E-state index < -0.39 is 19.7 Å². The maximum absolute atomic E-state index is 11.9. The topological polar surface area (TPSA) is 77.3 Å². The van der Waals surface area contributed by atoms with Crippen LogP contribution in [0.5, 0.6) is 0 Å². The summed E-state index contributed by atoms with van der Waals surface area (Å²) < 4.78 is 40.7. The zero-order valence-corrected chi connectivity index (χ0v) is 11.8. The number of ether oxygens (including phenoxy) is 1. The fraction of sp³-hybridized carbons (Fsp3) is 1.00. The van der Waals surface area contributed by atoms with Crippen molar-refractivity contribution in [2.75, 3.05) is 38.3 Å². The predicted molar refractivity (Wildman–Crippen MR) is 66.0 cm³/mol. The standard InChI is InChI=1S/C8H20N2O4S2/c1-5-15(4,11)9-7-10-16(12,6-2)14-8-13-3/h5-8H2,1-4H3. The fourth-order valence-electron chi connectivity index (χ4n) is 0.660. The van der Waals surface area contributed by atoms with Crippen molar-refractivity contribution in [1.82, 2.24) is 0 Å². The minimum atomic E-state index is -2.74. The minimum Gasteiger partial charge on any atom is -0.357 e. The van der Waals surface area contributed by atoms with E-state index in [0.717, 1.165) is 0 Å². The molecule has 2 atom stereocenters. The SMILES string of the molecule is CCS(C)(=O)=NCN=S(=O)(CC)OCOC. The molecule has 6 nitrogen and oxygen atoms in total. The lowest BCUT2D eigenvalue weighted by atomic mass is 11.0. The molecule has 0 radical (unpaired) electrons. The van der Waals surface area contributed by atoms with Crippen LogP contribution in [0, 0.1) is 0 Å². The van der Waals surface area contributed by atoms with Crippen LogP contribution in [-0.4, -0.2) is 46.8 Å². The van der Waals surface area contributed by atoms with E-state index >= 15 is 0 Å². The summed E-state index contributed by atoms with van der Waals surface area (Å²) in [5.74, 6) is 0.706. The Morgan fingerprint density at radius 3 is 2.19 bits per heavy atom. The van der Waals surface area contributed by atoms with Gasteiger partial charge in [-0.15, -0.1) is 0 Å². The summed E-state index contributed by atoms with van der Waals surface area (Å²) in [5, 5.41) is 0. The van der Waals surface area contributed by atoms with Gasteiger partial charge in [-0.25, -0.2) is 12.8 Å². The highest BCUT2D eigenvalue weighted by molar-refractivity contribution is 7.92. The van der Waals surface area contributed by atoms with Gasteiger partial charge in [-0.05, 0) is 0 Å². The lowest BCUT2D eigenvalue weighted by molar-refractivity contribution is 0.0598. The summed E-state index contributed by atoms with van der Waals surface area (Å²) in [6.45, 7) is 3.33. The second kappa shape index (κ2) is 7.21. The van der Waals surface area contributed by atoms with Crippen LogP contribution in [0.15, 0.2) is 8.73 Å². The first-order valence-electron chi connectivity index (χ1n) is 4.88. The van der Waals surface area contributed by atoms with Crippen LogP contribution >= 0.6 is 0 Å². The van der Waals surface area contributed by atoms with Gasteiger partial charge in [0.15, 0.2) is 16.8 Å². The molecule has 0 aliphatic rings. The zero-order chi connectivity index (χ0) is 12.7. The second-order valence-electron chi connectivity index (χ2n) is 3.04. The Labute approximate surface area is 98.3 Å². The predicted octanol–water partition coefficient (Wildman–Crippen LogP) is 1.08. The maximum Gasteiger partial charge on any atom is 0.167 e. The van der Waals surface area contributed by atoms with Gasteiger partial charge in [0.05, 0.1) is 5.75 Å². The fourth-order valence-corrected chi connectivity index (χ4v) is 2.12. The maximum atomic E-state index is 11.9. The molecule has 0 aliphatic heterocycles. The largest absolute Gasteiger partial charge is 0.357 e. The molecule has 0 aromatic carbocycles. The van der Waals surface area contributed by atoms with E-state index in [1.54, 1.807) is 20.1 Å². The van der Waals surface area contributed by atoms with E-state index in [9.17, 15) is 8.42 Å². The Bertz CT molecular complexity index is 418. The van der Waals surface area contributed by atoms with Crippen LogP contribution in [0.3, 0.4) is 0 Å². The molecule has 98 valence electrons. The van der Waals surface area contributed by atoms with E-state index in [1.807, 2.05) is 0 Å². The highest BCUT2D eigenvalue weighted by Gasteiger charge is 2.05. The number of hydrogen-bond acceptors (Lipinski definition) is 6. The van der Waals surface area contributed by atoms with Gasteiger partial charge in [-0.1, -0.05) is 13.8 Å². The Kier molecular flexibility index (Phi) is 7.12. The summed E-state index contributed by atoms with van der Waals surface area (Å²) >= 11 is 0. The molecule has 0 aromatic heterocycles. The molecule has 0 spiro atoms. The molecule has 0 rings (SSSR count). The van der Waals surface area contributed by atoms with Gasteiger partial charge in [-0.2, -0.15) is 4.36 Å². The third-order valence-electron chi connectivity index (χ3n) is 1.84. The van der Waals surface area contributed by atoms with E-state index in [4.69, 9.17) is 4.18 Å². The first kappa shape index (κ1) is 15.8. The van der Waals surface area contributed by atoms with Crippen LogP contribution in [0.4, 0.5) is 0 Å². The molecule has 16 heavy (non-hydrogen) atoms. The Balaban J connectivity index is 4.68. The Morgan fingerprint density at radius 2 is 1.75 bits per heavy atom. The Hall–Kier alpha value is -0.180. The number of methoxy groups -OCH3 is 1. The van der Waals surface area contributed by atoms with Crippen LogP contribution < -0.4 is 0 Å². The molecule has 0 heterocycles. The normalized spacial score (nSPS) is 18.5. The van der Waals surface area contributed by atoms with Crippen molar-refractivity contribution in [1.29, 1.82) is 0 Å². The van der Waals surface area contributed by atoms with Crippen molar-refractivity contribution in [3.63, 3.8) is 0 Å². The number of hydrogen-bond donors (Lipinski definition) is 0. The molecule has 0 bridgehead atoms. The quantitative estimate of drug-likeness (QED) is 0.650. The molecule has 0 saturated heterocycles. The summed E-state index contributed by atoms with van der Waals surface area (Å²) in [6, 6.07) is 0. The molecule has 0 amide bonds. The van der Waals surface area contributed by atoms with Crippen LogP contribution in [0.2, 0.25) is 0 Å². The van der Waals surface area contributed by atoms with Gasteiger partial charge in [0, 0.05) is 28.8 Å². The average molecular weight is 272 g/mol. The summed E-state index contributed by atoms with van der Waals surface area (Å²) in [4.78, 5) is 0. The highest BCUT2D eigenvalue weighted by atomic mass is 32.2. The third kappa shape index (κ3) is 6.41. The van der Waals surface area contributed by atoms with Crippen molar-refractivity contribution < 1.29 is 17.3 Å². The van der Waals surface area contributed by atoms with E-state index in [1.165, 1.54) is 7.11 Å². The van der Waals surface area contributed by atoms with E-state index in [0.29, 0.717) is 5.75 Å². The minimum absolute atomic E-state index is 0.0699. The monoisotopic (exact) mass is 272 g/mol. The Morgan fingerprint density at radius 1 is 1.12 bits per heavy atom. The third-order valence-corrected chi connectivity index (χ3v) is 5.27. The highest BCUT2D eigenvalue weighted by Crippen LogP contribution is 2.00. The van der Waals surface area contributed by atoms with Crippen LogP contribution in [0.1, 0.15) is 13.8 Å². The molecular formula is C8H20N2O4S2. The molecule has 0 saturated carbocycles. The van der Waals surface area contributed by atoms with Gasteiger partial charge in [0.1, 0.15) is 6.67 Å². The molecule has 2 unspecified atom stereocenters. The van der Waals surface area contributed by atoms with Gasteiger partial charge >= 0.3 is 0 Å². The summed E-state index contributed by atoms with van der Waals surface area (Å²) in [5.41, 5.74) is 0. The number of rotatable bonds is 7. The van der Waals surface area contributed by atoms with Gasteiger partial charge in [-0.3, -0.25) is 4.18 Å². The van der Waals surface area contributed by atoms with Crippen LogP contribution in [0.25, 0.3) is 0 Å². The molecule has 0 fully saturated rings. The first-order chi connectivity index (χ1) is 7.39. The molecule has 0 aromatic rings. The lowest BCUT2D eigenvalue weighted by Gasteiger charge is -2.06. The van der Waals surface area contributed by atoms with Crippen molar-refractivity contribution in [2.45, 2.75) is 13.8 Å². The molecule has 0 N–H and O–H groups in total. The summed E-state index contributed by atoms with van der Waals surface area (Å²) in [6.07, 6.45) is 1.55. The van der Waals surface area contributed by atoms with Crippen molar-refractivity contribution in [2.24, 2.45) is 8.73 Å². The zero-order valence-electron chi connectivity index (χ0n) is 10.2. The van der Waals surface area contributed by atoms with Gasteiger partial charge in [0.2, 0.25) is 0 Å². The average Bonchev–Trinajstić information content (AvgIpc) is 2.26. The van der Waals surface area contributed by atoms with Gasteiger partial charge in [0.25, 0.3) is 0 Å². The van der Waals surface area contributed by atoms with Crippen molar-refractivity contribution >= 4 is 19.7 Å². The molecular weight excluding hydrogens is 252 g/mol. The van der Waals surface area contributed by atoms with Gasteiger partial charge < -0.3 is 4.74 Å². The smallest absolute Gasteiger partial charge is 0.167 e. The van der Waals surface area contributed by atoms with Crippen molar-refractivity contribution in [3.05, 3.63) is 0 Å². The molecule has 0 aliphatic carbocycles. The summed E-state index contributed by atoms with van der Waals surface area (Å²) in [7, 11) is -3.50. The number of nitrogens with zero attached hydrogens (tertiary/aromatic N) is 2. The molecule has 8 heteroatoms. The van der Waals surface area contributed by atoms with E-state index in [-0.39, 0.29) is 19.2 Å². The van der Waals surface area contributed by atoms with E-state index in [2.05, 4.69) is 13.5 Å².